The number of halogens is 1. The topological polar surface area (TPSA) is 44.7 Å². The minimum Gasteiger partial charge on any atom is -0.378 e. The molecule has 0 saturated heterocycles. The Morgan fingerprint density at radius 2 is 1.77 bits per heavy atom. The standard InChI is InChI=1S/C17H18BrN3O/c1-12(14-5-4-6-15(18)11-14)19-20-17(22)13-7-9-16(10-8-13)21(2)3/h4-11H,1-3H3,(H,20,22)/b19-12-. The van der Waals surface area contributed by atoms with Crippen LogP contribution in [-0.2, 0) is 0 Å². The molecule has 2 aromatic carbocycles. The second-order valence-corrected chi connectivity index (χ2v) is 6.01. The first-order valence-corrected chi connectivity index (χ1v) is 7.64. The zero-order valence-electron chi connectivity index (χ0n) is 12.8. The van der Waals surface area contributed by atoms with E-state index in [1.54, 1.807) is 12.1 Å². The van der Waals surface area contributed by atoms with Crippen molar-refractivity contribution in [1.82, 2.24) is 5.43 Å². The summed E-state index contributed by atoms with van der Waals surface area (Å²) in [5.74, 6) is -0.223. The highest BCUT2D eigenvalue weighted by Crippen LogP contribution is 2.13. The molecule has 5 heteroatoms. The lowest BCUT2D eigenvalue weighted by Gasteiger charge is -2.12. The van der Waals surface area contributed by atoms with Gasteiger partial charge in [0.2, 0.25) is 0 Å². The first kappa shape index (κ1) is 16.2. The van der Waals surface area contributed by atoms with Crippen molar-refractivity contribution in [2.24, 2.45) is 5.10 Å². The predicted molar refractivity (Wildman–Crippen MR) is 94.6 cm³/mol. The van der Waals surface area contributed by atoms with Gasteiger partial charge in [-0.15, -0.1) is 0 Å². The summed E-state index contributed by atoms with van der Waals surface area (Å²) in [7, 11) is 3.92. The van der Waals surface area contributed by atoms with Crippen molar-refractivity contribution < 1.29 is 4.79 Å². The molecule has 114 valence electrons. The Hall–Kier alpha value is -2.14. The Bertz CT molecular complexity index is 693. The normalized spacial score (nSPS) is 11.2. The number of anilines is 1. The van der Waals surface area contributed by atoms with Crippen molar-refractivity contribution in [3.63, 3.8) is 0 Å². The van der Waals surface area contributed by atoms with Crippen LogP contribution in [0.4, 0.5) is 5.69 Å². The minimum absolute atomic E-state index is 0.223. The fraction of sp³-hybridized carbons (Fsp3) is 0.176. The number of amides is 1. The van der Waals surface area contributed by atoms with Crippen LogP contribution in [0.1, 0.15) is 22.8 Å². The van der Waals surface area contributed by atoms with Gasteiger partial charge >= 0.3 is 0 Å². The molecule has 2 aromatic rings. The number of rotatable bonds is 4. The Kier molecular flexibility index (Phi) is 5.33. The van der Waals surface area contributed by atoms with E-state index < -0.39 is 0 Å². The molecule has 0 spiro atoms. The van der Waals surface area contributed by atoms with Gasteiger partial charge in [-0.2, -0.15) is 5.10 Å². The molecule has 0 fully saturated rings. The monoisotopic (exact) mass is 359 g/mol. The maximum atomic E-state index is 12.1. The number of nitrogens with one attached hydrogen (secondary N) is 1. The molecule has 0 radical (unpaired) electrons. The van der Waals surface area contributed by atoms with Crippen LogP contribution in [-0.4, -0.2) is 25.7 Å². The lowest BCUT2D eigenvalue weighted by molar-refractivity contribution is 0.0955. The van der Waals surface area contributed by atoms with Crippen LogP contribution >= 0.6 is 15.9 Å². The highest BCUT2D eigenvalue weighted by Gasteiger charge is 2.05. The molecule has 1 amide bonds. The highest BCUT2D eigenvalue weighted by atomic mass is 79.9. The van der Waals surface area contributed by atoms with Gasteiger partial charge in [0.1, 0.15) is 0 Å². The molecule has 0 aromatic heterocycles. The molecule has 0 saturated carbocycles. The lowest BCUT2D eigenvalue weighted by atomic mass is 10.1. The summed E-state index contributed by atoms with van der Waals surface area (Å²) in [6, 6.07) is 15.2. The number of nitrogens with zero attached hydrogens (tertiary/aromatic N) is 2. The molecule has 0 atom stereocenters. The SMILES string of the molecule is C/C(=N/NC(=O)c1ccc(N(C)C)cc1)c1cccc(Br)c1. The van der Waals surface area contributed by atoms with E-state index in [0.717, 1.165) is 21.4 Å². The summed E-state index contributed by atoms with van der Waals surface area (Å²) in [6.45, 7) is 1.86. The fourth-order valence-electron chi connectivity index (χ4n) is 1.89. The summed E-state index contributed by atoms with van der Waals surface area (Å²) >= 11 is 3.42. The molecule has 0 bridgehead atoms. The number of carbonyl (C=O) groups is 1. The zero-order chi connectivity index (χ0) is 16.1. The first-order chi connectivity index (χ1) is 10.5. The molecule has 0 aliphatic heterocycles. The van der Waals surface area contributed by atoms with Crippen LogP contribution < -0.4 is 10.3 Å². The molecule has 0 heterocycles. The van der Waals surface area contributed by atoms with Gasteiger partial charge in [0.05, 0.1) is 5.71 Å². The maximum absolute atomic E-state index is 12.1. The van der Waals surface area contributed by atoms with Gasteiger partial charge in [-0.05, 0) is 48.9 Å². The smallest absolute Gasteiger partial charge is 0.271 e. The van der Waals surface area contributed by atoms with Crippen LogP contribution in [0.3, 0.4) is 0 Å². The van der Waals surface area contributed by atoms with Gasteiger partial charge in [-0.25, -0.2) is 5.43 Å². The van der Waals surface area contributed by atoms with E-state index in [-0.39, 0.29) is 5.91 Å². The average molecular weight is 360 g/mol. The van der Waals surface area contributed by atoms with Crippen molar-refractivity contribution >= 4 is 33.2 Å². The summed E-state index contributed by atoms with van der Waals surface area (Å²) in [4.78, 5) is 14.1. The van der Waals surface area contributed by atoms with Gasteiger partial charge < -0.3 is 4.90 Å². The number of hydrogen-bond acceptors (Lipinski definition) is 3. The summed E-state index contributed by atoms with van der Waals surface area (Å²) < 4.78 is 0.977. The fourth-order valence-corrected chi connectivity index (χ4v) is 2.29. The molecule has 0 aliphatic carbocycles. The van der Waals surface area contributed by atoms with E-state index in [9.17, 15) is 4.79 Å². The predicted octanol–water partition coefficient (Wildman–Crippen LogP) is 3.67. The van der Waals surface area contributed by atoms with Gasteiger partial charge in [-0.1, -0.05) is 28.1 Å². The number of hydrogen-bond donors (Lipinski definition) is 1. The van der Waals surface area contributed by atoms with Crippen LogP contribution in [0.15, 0.2) is 58.1 Å². The van der Waals surface area contributed by atoms with E-state index in [4.69, 9.17) is 0 Å². The van der Waals surface area contributed by atoms with E-state index in [1.807, 2.05) is 62.3 Å². The largest absolute Gasteiger partial charge is 0.378 e. The quantitative estimate of drug-likeness (QED) is 0.668. The number of hydrazone groups is 1. The average Bonchev–Trinajstić information content (AvgIpc) is 2.52. The molecular weight excluding hydrogens is 342 g/mol. The summed E-state index contributed by atoms with van der Waals surface area (Å²) in [5.41, 5.74) is 5.92. The summed E-state index contributed by atoms with van der Waals surface area (Å²) in [5, 5.41) is 4.16. The maximum Gasteiger partial charge on any atom is 0.271 e. The van der Waals surface area contributed by atoms with Gasteiger partial charge in [0.25, 0.3) is 5.91 Å². The first-order valence-electron chi connectivity index (χ1n) is 6.85. The molecule has 4 nitrogen and oxygen atoms in total. The zero-order valence-corrected chi connectivity index (χ0v) is 14.4. The number of carbonyl (C=O) groups excluding carboxylic acids is 1. The number of benzene rings is 2. The van der Waals surface area contributed by atoms with Crippen LogP contribution in [0.25, 0.3) is 0 Å². The minimum atomic E-state index is -0.223. The van der Waals surface area contributed by atoms with Gasteiger partial charge in [0, 0.05) is 29.8 Å². The van der Waals surface area contributed by atoms with Gasteiger partial charge in [-0.3, -0.25) is 4.79 Å². The molecular formula is C17H18BrN3O. The van der Waals surface area contributed by atoms with Crippen LogP contribution in [0.2, 0.25) is 0 Å². The molecule has 2 rings (SSSR count). The van der Waals surface area contributed by atoms with Crippen LogP contribution in [0.5, 0.6) is 0 Å². The molecule has 0 unspecified atom stereocenters. The third kappa shape index (κ3) is 4.18. The Labute approximate surface area is 139 Å². The van der Waals surface area contributed by atoms with Crippen molar-refractivity contribution in [2.45, 2.75) is 6.92 Å². The van der Waals surface area contributed by atoms with E-state index in [2.05, 4.69) is 26.5 Å². The molecule has 0 aliphatic rings. The molecule has 22 heavy (non-hydrogen) atoms. The Morgan fingerprint density at radius 3 is 2.36 bits per heavy atom. The van der Waals surface area contributed by atoms with E-state index >= 15 is 0 Å². The third-order valence-corrected chi connectivity index (χ3v) is 3.71. The van der Waals surface area contributed by atoms with Crippen molar-refractivity contribution in [1.29, 1.82) is 0 Å². The van der Waals surface area contributed by atoms with Crippen LogP contribution in [0, 0.1) is 0 Å². The Morgan fingerprint density at radius 1 is 1.09 bits per heavy atom. The second-order valence-electron chi connectivity index (χ2n) is 5.09. The van der Waals surface area contributed by atoms with Crippen molar-refractivity contribution in [3.05, 3.63) is 64.1 Å². The van der Waals surface area contributed by atoms with Crippen molar-refractivity contribution in [2.75, 3.05) is 19.0 Å². The summed E-state index contributed by atoms with van der Waals surface area (Å²) in [6.07, 6.45) is 0. The van der Waals surface area contributed by atoms with Crippen molar-refractivity contribution in [3.8, 4) is 0 Å². The third-order valence-electron chi connectivity index (χ3n) is 3.21. The highest BCUT2D eigenvalue weighted by molar-refractivity contribution is 9.10. The Balaban J connectivity index is 2.07. The second kappa shape index (κ2) is 7.22. The van der Waals surface area contributed by atoms with Gasteiger partial charge in [0.15, 0.2) is 0 Å². The van der Waals surface area contributed by atoms with E-state index in [1.165, 1.54) is 0 Å². The lowest BCUT2D eigenvalue weighted by Crippen LogP contribution is -2.19. The van der Waals surface area contributed by atoms with E-state index in [0.29, 0.717) is 5.56 Å². The molecule has 1 N–H and O–H groups in total.